The van der Waals surface area contributed by atoms with Crippen LogP contribution in [0, 0.1) is 0 Å². The average molecular weight is 278 g/mol. The third-order valence-electron chi connectivity index (χ3n) is 2.70. The molecule has 0 aliphatic carbocycles. The van der Waals surface area contributed by atoms with E-state index in [0.717, 1.165) is 6.07 Å². The van der Waals surface area contributed by atoms with E-state index in [4.69, 9.17) is 18.6 Å². The number of hydrogen-bond acceptors (Lipinski definition) is 6. The van der Waals surface area contributed by atoms with E-state index in [0.29, 0.717) is 22.8 Å². The largest absolute Gasteiger partial charge is 0.508 e. The standard InChI is InChI=1S/C14H14O6/c1-17-11-4-8(5-12(18-2)14(11)19-3)10-6-9(15)7-13(16)20-10/h4-7,15H,1-3H3. The lowest BCUT2D eigenvalue weighted by Gasteiger charge is -2.13. The Morgan fingerprint density at radius 2 is 1.55 bits per heavy atom. The van der Waals surface area contributed by atoms with E-state index in [1.54, 1.807) is 12.1 Å². The molecule has 0 radical (unpaired) electrons. The van der Waals surface area contributed by atoms with E-state index in [-0.39, 0.29) is 11.5 Å². The van der Waals surface area contributed by atoms with Gasteiger partial charge in [0.2, 0.25) is 5.75 Å². The van der Waals surface area contributed by atoms with Gasteiger partial charge in [0.05, 0.1) is 27.4 Å². The van der Waals surface area contributed by atoms with E-state index in [2.05, 4.69) is 0 Å². The van der Waals surface area contributed by atoms with Crippen molar-refractivity contribution in [3.05, 3.63) is 34.7 Å². The van der Waals surface area contributed by atoms with Gasteiger partial charge in [-0.25, -0.2) is 4.79 Å². The number of rotatable bonds is 4. The summed E-state index contributed by atoms with van der Waals surface area (Å²) in [5.74, 6) is 1.31. The second-order valence-corrected chi connectivity index (χ2v) is 3.91. The first-order valence-electron chi connectivity index (χ1n) is 5.73. The average Bonchev–Trinajstić information content (AvgIpc) is 2.44. The molecule has 0 saturated carbocycles. The summed E-state index contributed by atoms with van der Waals surface area (Å²) in [5.41, 5.74) is -0.124. The molecule has 0 bridgehead atoms. The molecule has 0 fully saturated rings. The number of methoxy groups -OCH3 is 3. The van der Waals surface area contributed by atoms with E-state index >= 15 is 0 Å². The third-order valence-corrected chi connectivity index (χ3v) is 2.70. The van der Waals surface area contributed by atoms with Crippen LogP contribution in [0.15, 0.2) is 33.5 Å². The number of benzene rings is 1. The molecule has 20 heavy (non-hydrogen) atoms. The summed E-state index contributed by atoms with van der Waals surface area (Å²) in [7, 11) is 4.47. The molecule has 0 aliphatic heterocycles. The minimum absolute atomic E-state index is 0.176. The Hall–Kier alpha value is -2.63. The molecular weight excluding hydrogens is 264 g/mol. The Labute approximate surface area is 115 Å². The van der Waals surface area contributed by atoms with Gasteiger partial charge in [0, 0.05) is 11.6 Å². The second kappa shape index (κ2) is 5.56. The van der Waals surface area contributed by atoms with E-state index in [9.17, 15) is 9.90 Å². The van der Waals surface area contributed by atoms with Gasteiger partial charge in [0.25, 0.3) is 0 Å². The third kappa shape index (κ3) is 2.54. The monoisotopic (exact) mass is 278 g/mol. The van der Waals surface area contributed by atoms with Crippen LogP contribution in [-0.4, -0.2) is 26.4 Å². The quantitative estimate of drug-likeness (QED) is 0.922. The van der Waals surface area contributed by atoms with Crippen molar-refractivity contribution in [3.63, 3.8) is 0 Å². The van der Waals surface area contributed by atoms with Crippen molar-refractivity contribution in [1.29, 1.82) is 0 Å². The van der Waals surface area contributed by atoms with Crippen LogP contribution < -0.4 is 19.8 Å². The molecular formula is C14H14O6. The lowest BCUT2D eigenvalue weighted by Crippen LogP contribution is -1.98. The normalized spacial score (nSPS) is 10.2. The Morgan fingerprint density at radius 1 is 0.950 bits per heavy atom. The molecule has 0 amide bonds. The summed E-state index contributed by atoms with van der Waals surface area (Å²) in [4.78, 5) is 11.3. The minimum atomic E-state index is -0.645. The van der Waals surface area contributed by atoms with Crippen LogP contribution in [0.5, 0.6) is 23.0 Å². The lowest BCUT2D eigenvalue weighted by atomic mass is 10.1. The molecule has 0 aliphatic rings. The predicted octanol–water partition coefficient (Wildman–Crippen LogP) is 2.04. The molecule has 1 aromatic heterocycles. The highest BCUT2D eigenvalue weighted by molar-refractivity contribution is 5.68. The first kappa shape index (κ1) is 13.8. The summed E-state index contributed by atoms with van der Waals surface area (Å²) in [6, 6.07) is 5.57. The molecule has 2 rings (SSSR count). The summed E-state index contributed by atoms with van der Waals surface area (Å²) in [6.45, 7) is 0. The molecule has 0 saturated heterocycles. The van der Waals surface area contributed by atoms with Gasteiger partial charge in [-0.3, -0.25) is 0 Å². The lowest BCUT2D eigenvalue weighted by molar-refractivity contribution is 0.324. The SMILES string of the molecule is COc1cc(-c2cc(O)cc(=O)o2)cc(OC)c1OC. The minimum Gasteiger partial charge on any atom is -0.508 e. The van der Waals surface area contributed by atoms with E-state index < -0.39 is 5.63 Å². The highest BCUT2D eigenvalue weighted by Crippen LogP contribution is 2.41. The molecule has 106 valence electrons. The Bertz CT molecular complexity index is 649. The second-order valence-electron chi connectivity index (χ2n) is 3.91. The fraction of sp³-hybridized carbons (Fsp3) is 0.214. The van der Waals surface area contributed by atoms with E-state index in [1.165, 1.54) is 27.4 Å². The van der Waals surface area contributed by atoms with Crippen molar-refractivity contribution in [2.24, 2.45) is 0 Å². The van der Waals surface area contributed by atoms with Crippen molar-refractivity contribution in [2.45, 2.75) is 0 Å². The van der Waals surface area contributed by atoms with Crippen molar-refractivity contribution < 1.29 is 23.7 Å². The summed E-state index contributed by atoms with van der Waals surface area (Å²) in [6.07, 6.45) is 0. The number of ether oxygens (including phenoxy) is 3. The highest BCUT2D eigenvalue weighted by Gasteiger charge is 2.15. The molecule has 2 aromatic rings. The van der Waals surface area contributed by atoms with Crippen LogP contribution in [0.1, 0.15) is 0 Å². The Morgan fingerprint density at radius 3 is 2.00 bits per heavy atom. The zero-order valence-electron chi connectivity index (χ0n) is 11.3. The van der Waals surface area contributed by atoms with Crippen LogP contribution in [0.4, 0.5) is 0 Å². The summed E-state index contributed by atoms with van der Waals surface area (Å²) >= 11 is 0. The first-order chi connectivity index (χ1) is 9.58. The first-order valence-corrected chi connectivity index (χ1v) is 5.73. The molecule has 1 heterocycles. The molecule has 0 unspecified atom stereocenters. The molecule has 6 nitrogen and oxygen atoms in total. The van der Waals surface area contributed by atoms with Crippen LogP contribution in [0.2, 0.25) is 0 Å². The van der Waals surface area contributed by atoms with Crippen LogP contribution in [0.3, 0.4) is 0 Å². The fourth-order valence-corrected chi connectivity index (χ4v) is 1.83. The number of hydrogen-bond donors (Lipinski definition) is 1. The van der Waals surface area contributed by atoms with Gasteiger partial charge in [-0.05, 0) is 12.1 Å². The van der Waals surface area contributed by atoms with Gasteiger partial charge < -0.3 is 23.7 Å². The zero-order valence-corrected chi connectivity index (χ0v) is 11.3. The summed E-state index contributed by atoms with van der Waals surface area (Å²) in [5, 5.41) is 9.46. The van der Waals surface area contributed by atoms with Gasteiger partial charge in [0.1, 0.15) is 11.5 Å². The van der Waals surface area contributed by atoms with Crippen LogP contribution >= 0.6 is 0 Å². The predicted molar refractivity (Wildman–Crippen MR) is 71.7 cm³/mol. The Kier molecular flexibility index (Phi) is 3.84. The van der Waals surface area contributed by atoms with Gasteiger partial charge in [-0.1, -0.05) is 0 Å². The maximum atomic E-state index is 11.3. The summed E-state index contributed by atoms with van der Waals surface area (Å²) < 4.78 is 20.7. The Balaban J connectivity index is 2.65. The number of aromatic hydroxyl groups is 1. The van der Waals surface area contributed by atoms with Crippen molar-refractivity contribution in [3.8, 4) is 34.3 Å². The molecule has 1 aromatic carbocycles. The van der Waals surface area contributed by atoms with Gasteiger partial charge in [-0.15, -0.1) is 0 Å². The van der Waals surface area contributed by atoms with Gasteiger partial charge in [0.15, 0.2) is 11.5 Å². The highest BCUT2D eigenvalue weighted by atomic mass is 16.5. The zero-order chi connectivity index (χ0) is 14.7. The molecule has 0 spiro atoms. The molecule has 1 N–H and O–H groups in total. The topological polar surface area (TPSA) is 78.1 Å². The smallest absolute Gasteiger partial charge is 0.339 e. The van der Waals surface area contributed by atoms with Gasteiger partial charge in [-0.2, -0.15) is 0 Å². The van der Waals surface area contributed by atoms with Crippen molar-refractivity contribution in [1.82, 2.24) is 0 Å². The molecule has 6 heteroatoms. The fourth-order valence-electron chi connectivity index (χ4n) is 1.83. The maximum Gasteiger partial charge on any atom is 0.339 e. The van der Waals surface area contributed by atoms with E-state index in [1.807, 2.05) is 0 Å². The molecule has 0 atom stereocenters. The van der Waals surface area contributed by atoms with Crippen LogP contribution in [-0.2, 0) is 0 Å². The van der Waals surface area contributed by atoms with Crippen LogP contribution in [0.25, 0.3) is 11.3 Å². The maximum absolute atomic E-state index is 11.3. The van der Waals surface area contributed by atoms with Gasteiger partial charge >= 0.3 is 5.63 Å². The van der Waals surface area contributed by atoms with Crippen molar-refractivity contribution >= 4 is 0 Å². The van der Waals surface area contributed by atoms with Crippen molar-refractivity contribution in [2.75, 3.05) is 21.3 Å².